The van der Waals surface area contributed by atoms with Crippen molar-refractivity contribution in [1.82, 2.24) is 14.5 Å². The van der Waals surface area contributed by atoms with Crippen LogP contribution in [0, 0.1) is 0 Å². The molecule has 0 saturated carbocycles. The van der Waals surface area contributed by atoms with Gasteiger partial charge in [-0.05, 0) is 18.9 Å². The van der Waals surface area contributed by atoms with Gasteiger partial charge in [0.1, 0.15) is 11.7 Å². The van der Waals surface area contributed by atoms with E-state index in [9.17, 15) is 4.57 Å². The molecule has 1 aliphatic rings. The summed E-state index contributed by atoms with van der Waals surface area (Å²) in [6, 6.07) is 1.79. The molecule has 9 nitrogen and oxygen atoms in total. The Hall–Kier alpha value is -1.51. The number of nitrogens with two attached hydrogens (primary N) is 1. The second-order valence-corrected chi connectivity index (χ2v) is 6.03. The Labute approximate surface area is 119 Å². The molecule has 3 rings (SSSR count). The maximum Gasteiger partial charge on any atom is 0.469 e. The number of hydrogen-bond donors (Lipinski definition) is 3. The Morgan fingerprint density at radius 2 is 2.29 bits per heavy atom. The lowest BCUT2D eigenvalue weighted by atomic mass is 10.2. The van der Waals surface area contributed by atoms with E-state index < -0.39 is 7.82 Å². The van der Waals surface area contributed by atoms with Crippen LogP contribution in [0.5, 0.6) is 0 Å². The first-order chi connectivity index (χ1) is 9.94. The first kappa shape index (κ1) is 14.4. The van der Waals surface area contributed by atoms with Crippen molar-refractivity contribution in [2.24, 2.45) is 0 Å². The standard InChI is InChI=1S/C11H15N4O5P/c12-11-10-8(3-4-13-11)15(6-14-10)9-2-1-7(20-9)5-19-21(16,17)18/h3-4,6-7,9H,1-2,5H2,(H2,12,13)(H2,16,17,18)/t7-,9+/m0/s1. The van der Waals surface area contributed by atoms with Crippen LogP contribution in [0.2, 0.25) is 0 Å². The van der Waals surface area contributed by atoms with Crippen LogP contribution in [0.25, 0.3) is 11.0 Å². The van der Waals surface area contributed by atoms with Crippen molar-refractivity contribution < 1.29 is 23.6 Å². The minimum absolute atomic E-state index is 0.142. The molecule has 0 radical (unpaired) electrons. The number of rotatable bonds is 4. The van der Waals surface area contributed by atoms with Crippen LogP contribution >= 0.6 is 7.82 Å². The summed E-state index contributed by atoms with van der Waals surface area (Å²) in [7, 11) is -4.47. The molecule has 4 N–H and O–H groups in total. The maximum absolute atomic E-state index is 10.7. The Morgan fingerprint density at radius 1 is 1.48 bits per heavy atom. The normalized spacial score (nSPS) is 23.0. The van der Waals surface area contributed by atoms with Gasteiger partial charge in [0.15, 0.2) is 5.82 Å². The van der Waals surface area contributed by atoms with Gasteiger partial charge in [-0.15, -0.1) is 0 Å². The molecule has 0 spiro atoms. The topological polar surface area (TPSA) is 133 Å². The second kappa shape index (κ2) is 5.36. The summed E-state index contributed by atoms with van der Waals surface area (Å²) in [6.07, 6.45) is 3.94. The molecule has 10 heteroatoms. The number of fused-ring (bicyclic) bond motifs is 1. The minimum Gasteiger partial charge on any atom is -0.382 e. The zero-order valence-corrected chi connectivity index (χ0v) is 11.9. The van der Waals surface area contributed by atoms with E-state index in [-0.39, 0.29) is 18.9 Å². The highest BCUT2D eigenvalue weighted by Crippen LogP contribution is 2.38. The number of anilines is 1. The zero-order valence-electron chi connectivity index (χ0n) is 11.0. The summed E-state index contributed by atoms with van der Waals surface area (Å²) >= 11 is 0. The van der Waals surface area contributed by atoms with Crippen LogP contribution in [0.4, 0.5) is 5.82 Å². The SMILES string of the molecule is Nc1nccc2c1ncn2[C@H]1CC[C@@H](COP(=O)(O)O)O1. The molecule has 1 aliphatic heterocycles. The molecule has 3 heterocycles. The molecular formula is C11H15N4O5P. The first-order valence-electron chi connectivity index (χ1n) is 6.36. The van der Waals surface area contributed by atoms with Gasteiger partial charge in [-0.3, -0.25) is 4.52 Å². The summed E-state index contributed by atoms with van der Waals surface area (Å²) in [6.45, 7) is -0.142. The summed E-state index contributed by atoms with van der Waals surface area (Å²) in [5, 5.41) is 0. The third-order valence-corrected chi connectivity index (χ3v) is 3.83. The number of imidazole rings is 1. The van der Waals surface area contributed by atoms with Gasteiger partial charge < -0.3 is 24.8 Å². The van der Waals surface area contributed by atoms with Crippen molar-refractivity contribution in [1.29, 1.82) is 0 Å². The molecule has 0 aromatic carbocycles. The Bertz CT molecular complexity index is 699. The number of ether oxygens (including phenoxy) is 1. The van der Waals surface area contributed by atoms with Crippen molar-refractivity contribution in [3.63, 3.8) is 0 Å². The van der Waals surface area contributed by atoms with Crippen molar-refractivity contribution in [3.8, 4) is 0 Å². The molecule has 0 amide bonds. The zero-order chi connectivity index (χ0) is 15.0. The van der Waals surface area contributed by atoms with Crippen LogP contribution in [-0.4, -0.2) is 37.0 Å². The molecule has 0 aliphatic carbocycles. The molecule has 0 unspecified atom stereocenters. The minimum atomic E-state index is -4.47. The van der Waals surface area contributed by atoms with Gasteiger partial charge in [0.05, 0.1) is 24.6 Å². The summed E-state index contributed by atoms with van der Waals surface area (Å²) < 4.78 is 22.7. The number of aromatic nitrogens is 3. The van der Waals surface area contributed by atoms with E-state index in [4.69, 9.17) is 20.3 Å². The molecule has 2 aromatic heterocycles. The number of phosphoric acid groups is 1. The van der Waals surface area contributed by atoms with Crippen molar-refractivity contribution in [3.05, 3.63) is 18.6 Å². The van der Waals surface area contributed by atoms with E-state index in [2.05, 4.69) is 14.5 Å². The average molecular weight is 314 g/mol. The number of hydrogen-bond acceptors (Lipinski definition) is 6. The van der Waals surface area contributed by atoms with Gasteiger partial charge in [0.2, 0.25) is 0 Å². The molecule has 1 saturated heterocycles. The van der Waals surface area contributed by atoms with E-state index in [0.717, 1.165) is 5.52 Å². The van der Waals surface area contributed by atoms with Crippen LogP contribution in [0.3, 0.4) is 0 Å². The summed E-state index contributed by atoms with van der Waals surface area (Å²) in [5.41, 5.74) is 7.17. The fraction of sp³-hybridized carbons (Fsp3) is 0.455. The largest absolute Gasteiger partial charge is 0.469 e. The molecule has 21 heavy (non-hydrogen) atoms. The van der Waals surface area contributed by atoms with Gasteiger partial charge >= 0.3 is 7.82 Å². The number of pyridine rings is 1. The lowest BCUT2D eigenvalue weighted by Gasteiger charge is -2.16. The predicted octanol–water partition coefficient (Wildman–Crippen LogP) is 0.800. The highest BCUT2D eigenvalue weighted by atomic mass is 31.2. The first-order valence-corrected chi connectivity index (χ1v) is 7.89. The Balaban J connectivity index is 1.73. The van der Waals surface area contributed by atoms with Crippen molar-refractivity contribution >= 4 is 24.7 Å². The molecule has 0 bridgehead atoms. The van der Waals surface area contributed by atoms with Gasteiger partial charge in [0, 0.05) is 6.20 Å². The van der Waals surface area contributed by atoms with E-state index in [1.807, 2.05) is 4.57 Å². The van der Waals surface area contributed by atoms with Crippen LogP contribution in [0.1, 0.15) is 19.1 Å². The van der Waals surface area contributed by atoms with E-state index in [0.29, 0.717) is 24.2 Å². The van der Waals surface area contributed by atoms with Crippen LogP contribution < -0.4 is 5.73 Å². The monoisotopic (exact) mass is 314 g/mol. The van der Waals surface area contributed by atoms with Gasteiger partial charge in [-0.2, -0.15) is 0 Å². The van der Waals surface area contributed by atoms with Gasteiger partial charge in [0.25, 0.3) is 0 Å². The van der Waals surface area contributed by atoms with Crippen molar-refractivity contribution in [2.75, 3.05) is 12.3 Å². The predicted molar refractivity (Wildman–Crippen MR) is 73.1 cm³/mol. The highest BCUT2D eigenvalue weighted by Gasteiger charge is 2.29. The van der Waals surface area contributed by atoms with Crippen molar-refractivity contribution in [2.45, 2.75) is 25.2 Å². The number of nitrogens with zero attached hydrogens (tertiary/aromatic N) is 3. The second-order valence-electron chi connectivity index (χ2n) is 4.79. The van der Waals surface area contributed by atoms with Crippen LogP contribution in [-0.2, 0) is 13.8 Å². The number of nitrogen functional groups attached to an aromatic ring is 1. The lowest BCUT2D eigenvalue weighted by molar-refractivity contribution is -0.0203. The average Bonchev–Trinajstić information content (AvgIpc) is 3.02. The molecule has 114 valence electrons. The summed E-state index contributed by atoms with van der Waals surface area (Å²) in [4.78, 5) is 25.6. The third-order valence-electron chi connectivity index (χ3n) is 3.34. The van der Waals surface area contributed by atoms with Crippen LogP contribution in [0.15, 0.2) is 18.6 Å². The molecule has 2 aromatic rings. The third kappa shape index (κ3) is 3.07. The Morgan fingerprint density at radius 3 is 3.05 bits per heavy atom. The Kier molecular flexibility index (Phi) is 3.68. The quantitative estimate of drug-likeness (QED) is 0.706. The van der Waals surface area contributed by atoms with E-state index in [1.54, 1.807) is 18.6 Å². The maximum atomic E-state index is 10.7. The van der Waals surface area contributed by atoms with E-state index in [1.165, 1.54) is 0 Å². The smallest absolute Gasteiger partial charge is 0.382 e. The fourth-order valence-electron chi connectivity index (χ4n) is 2.41. The van der Waals surface area contributed by atoms with E-state index >= 15 is 0 Å². The fourth-order valence-corrected chi connectivity index (χ4v) is 2.77. The lowest BCUT2D eigenvalue weighted by Crippen LogP contribution is -2.15. The molecule has 1 fully saturated rings. The molecular weight excluding hydrogens is 299 g/mol. The highest BCUT2D eigenvalue weighted by molar-refractivity contribution is 7.46. The molecule has 2 atom stereocenters. The van der Waals surface area contributed by atoms with Gasteiger partial charge in [-0.25, -0.2) is 14.5 Å². The van der Waals surface area contributed by atoms with Gasteiger partial charge in [-0.1, -0.05) is 0 Å². The summed E-state index contributed by atoms with van der Waals surface area (Å²) in [5.74, 6) is 0.352. The number of phosphoric ester groups is 1.